The van der Waals surface area contributed by atoms with Crippen molar-refractivity contribution in [1.82, 2.24) is 4.90 Å². The Morgan fingerprint density at radius 1 is 1.73 bits per heavy atom. The van der Waals surface area contributed by atoms with Crippen LogP contribution >= 0.6 is 0 Å². The van der Waals surface area contributed by atoms with Gasteiger partial charge in [0.15, 0.2) is 0 Å². The maximum Gasteiger partial charge on any atom is 0.232 e. The second-order valence-electron chi connectivity index (χ2n) is 2.92. The molecule has 1 aliphatic heterocycles. The maximum absolute atomic E-state index is 11.2. The number of Topliss-reactive ketones (excluding diaryl/α,β-unsaturated/α-hetero) is 1. The topological polar surface area (TPSA) is 37.4 Å². The molecule has 0 N–H and O–H groups in total. The van der Waals surface area contributed by atoms with Crippen molar-refractivity contribution in [2.75, 3.05) is 13.6 Å². The lowest BCUT2D eigenvalue weighted by Crippen LogP contribution is -2.26. The lowest BCUT2D eigenvalue weighted by molar-refractivity contribution is -0.135. The molecule has 0 aromatic carbocycles. The van der Waals surface area contributed by atoms with Gasteiger partial charge in [-0.1, -0.05) is 6.92 Å². The van der Waals surface area contributed by atoms with Gasteiger partial charge in [0, 0.05) is 20.0 Å². The van der Waals surface area contributed by atoms with E-state index in [9.17, 15) is 9.59 Å². The fourth-order valence-corrected chi connectivity index (χ4v) is 1.37. The molecule has 0 aromatic heterocycles. The lowest BCUT2D eigenvalue weighted by Gasteiger charge is -2.07. The number of ketones is 1. The van der Waals surface area contributed by atoms with Gasteiger partial charge in [0.25, 0.3) is 0 Å². The van der Waals surface area contributed by atoms with Crippen LogP contribution in [0.1, 0.15) is 19.8 Å². The molecule has 3 heteroatoms. The Kier molecular flexibility index (Phi) is 2.27. The Bertz CT molecular complexity index is 189. The SMILES string of the molecule is CCC(=O)[C@@H]1CCN(C)C1=O. The molecule has 0 saturated carbocycles. The van der Waals surface area contributed by atoms with Crippen LogP contribution in [0.2, 0.25) is 0 Å². The van der Waals surface area contributed by atoms with E-state index in [1.54, 1.807) is 18.9 Å². The van der Waals surface area contributed by atoms with E-state index < -0.39 is 0 Å². The summed E-state index contributed by atoms with van der Waals surface area (Å²) in [5.74, 6) is -0.249. The monoisotopic (exact) mass is 155 g/mol. The molecule has 1 rings (SSSR count). The van der Waals surface area contributed by atoms with Crippen LogP contribution in [0.15, 0.2) is 0 Å². The van der Waals surface area contributed by atoms with Gasteiger partial charge in [-0.2, -0.15) is 0 Å². The summed E-state index contributed by atoms with van der Waals surface area (Å²) >= 11 is 0. The van der Waals surface area contributed by atoms with Gasteiger partial charge in [0.1, 0.15) is 5.78 Å². The Hall–Kier alpha value is -0.860. The first-order chi connectivity index (χ1) is 5.16. The average Bonchev–Trinajstić information content (AvgIpc) is 2.32. The van der Waals surface area contributed by atoms with E-state index in [0.29, 0.717) is 12.8 Å². The van der Waals surface area contributed by atoms with E-state index in [4.69, 9.17) is 0 Å². The Morgan fingerprint density at radius 2 is 2.36 bits per heavy atom. The summed E-state index contributed by atoms with van der Waals surface area (Å²) in [4.78, 5) is 24.0. The van der Waals surface area contributed by atoms with Gasteiger partial charge >= 0.3 is 0 Å². The van der Waals surface area contributed by atoms with Gasteiger partial charge in [0.05, 0.1) is 5.92 Å². The number of amides is 1. The molecule has 0 unspecified atom stereocenters. The van der Waals surface area contributed by atoms with Crippen LogP contribution in [0.3, 0.4) is 0 Å². The minimum Gasteiger partial charge on any atom is -0.345 e. The van der Waals surface area contributed by atoms with E-state index in [2.05, 4.69) is 0 Å². The van der Waals surface area contributed by atoms with Crippen molar-refractivity contribution in [1.29, 1.82) is 0 Å². The van der Waals surface area contributed by atoms with Crippen LogP contribution in [0.5, 0.6) is 0 Å². The second kappa shape index (κ2) is 3.03. The van der Waals surface area contributed by atoms with Crippen LogP contribution in [0, 0.1) is 5.92 Å². The normalized spacial score (nSPS) is 24.4. The third-order valence-corrected chi connectivity index (χ3v) is 2.16. The molecule has 62 valence electrons. The van der Waals surface area contributed by atoms with Crippen molar-refractivity contribution < 1.29 is 9.59 Å². The molecule has 0 bridgehead atoms. The maximum atomic E-state index is 11.2. The molecule has 1 saturated heterocycles. The summed E-state index contributed by atoms with van der Waals surface area (Å²) in [7, 11) is 1.74. The molecule has 1 fully saturated rings. The number of carbonyl (C=O) groups excluding carboxylic acids is 2. The van der Waals surface area contributed by atoms with E-state index in [1.165, 1.54) is 0 Å². The zero-order valence-corrected chi connectivity index (χ0v) is 6.96. The Balaban J connectivity index is 2.62. The molecular weight excluding hydrogens is 142 g/mol. The molecule has 1 aliphatic rings. The number of rotatable bonds is 2. The Morgan fingerprint density at radius 3 is 2.73 bits per heavy atom. The fourth-order valence-electron chi connectivity index (χ4n) is 1.37. The van der Waals surface area contributed by atoms with Crippen LogP contribution < -0.4 is 0 Å². The van der Waals surface area contributed by atoms with Gasteiger partial charge in [-0.15, -0.1) is 0 Å². The highest BCUT2D eigenvalue weighted by Crippen LogP contribution is 2.17. The minimum absolute atomic E-state index is 0.00292. The number of carbonyl (C=O) groups is 2. The molecule has 1 amide bonds. The lowest BCUT2D eigenvalue weighted by atomic mass is 10.0. The highest BCUT2D eigenvalue weighted by Gasteiger charge is 2.33. The average molecular weight is 155 g/mol. The summed E-state index contributed by atoms with van der Waals surface area (Å²) < 4.78 is 0. The first kappa shape index (κ1) is 8.24. The van der Waals surface area contributed by atoms with Crippen molar-refractivity contribution in [3.8, 4) is 0 Å². The first-order valence-electron chi connectivity index (χ1n) is 3.94. The van der Waals surface area contributed by atoms with Crippen LogP contribution in [-0.2, 0) is 9.59 Å². The summed E-state index contributed by atoms with van der Waals surface area (Å²) in [6.07, 6.45) is 1.19. The third kappa shape index (κ3) is 1.42. The van der Waals surface area contributed by atoms with Crippen molar-refractivity contribution in [2.24, 2.45) is 5.92 Å². The standard InChI is InChI=1S/C8H13NO2/c1-3-7(10)6-4-5-9(2)8(6)11/h6H,3-5H2,1-2H3/t6-/m0/s1. The smallest absolute Gasteiger partial charge is 0.232 e. The van der Waals surface area contributed by atoms with Crippen LogP contribution in [0.4, 0.5) is 0 Å². The highest BCUT2D eigenvalue weighted by molar-refractivity contribution is 6.02. The summed E-state index contributed by atoms with van der Waals surface area (Å²) in [6.45, 7) is 2.53. The quantitative estimate of drug-likeness (QED) is 0.543. The number of likely N-dealkylation sites (tertiary alicyclic amines) is 1. The predicted octanol–water partition coefficient (Wildman–Crippen LogP) is 0.444. The van der Waals surface area contributed by atoms with Crippen LogP contribution in [-0.4, -0.2) is 30.2 Å². The number of hydrogen-bond acceptors (Lipinski definition) is 2. The Labute approximate surface area is 66.4 Å². The molecule has 3 nitrogen and oxygen atoms in total. The highest BCUT2D eigenvalue weighted by atomic mass is 16.2. The molecular formula is C8H13NO2. The molecule has 0 radical (unpaired) electrons. The molecule has 0 spiro atoms. The molecule has 1 heterocycles. The van der Waals surface area contributed by atoms with E-state index in [0.717, 1.165) is 6.54 Å². The molecule has 1 atom stereocenters. The van der Waals surface area contributed by atoms with Crippen LogP contribution in [0.25, 0.3) is 0 Å². The third-order valence-electron chi connectivity index (χ3n) is 2.16. The predicted molar refractivity (Wildman–Crippen MR) is 41.0 cm³/mol. The van der Waals surface area contributed by atoms with Gasteiger partial charge in [-0.05, 0) is 6.42 Å². The van der Waals surface area contributed by atoms with Crippen molar-refractivity contribution >= 4 is 11.7 Å². The number of nitrogens with zero attached hydrogens (tertiary/aromatic N) is 1. The largest absolute Gasteiger partial charge is 0.345 e. The van der Waals surface area contributed by atoms with Gasteiger partial charge < -0.3 is 4.90 Å². The summed E-state index contributed by atoms with van der Waals surface area (Å²) in [5.41, 5.74) is 0. The molecule has 0 aliphatic carbocycles. The van der Waals surface area contributed by atoms with Crippen molar-refractivity contribution in [3.05, 3.63) is 0 Å². The zero-order valence-electron chi connectivity index (χ0n) is 6.96. The number of hydrogen-bond donors (Lipinski definition) is 0. The molecule has 11 heavy (non-hydrogen) atoms. The van der Waals surface area contributed by atoms with Gasteiger partial charge in [-0.3, -0.25) is 9.59 Å². The summed E-state index contributed by atoms with van der Waals surface area (Å²) in [6, 6.07) is 0. The van der Waals surface area contributed by atoms with Crippen molar-refractivity contribution in [2.45, 2.75) is 19.8 Å². The summed E-state index contributed by atoms with van der Waals surface area (Å²) in [5, 5.41) is 0. The zero-order chi connectivity index (χ0) is 8.43. The van der Waals surface area contributed by atoms with Crippen molar-refractivity contribution in [3.63, 3.8) is 0 Å². The van der Waals surface area contributed by atoms with E-state index >= 15 is 0 Å². The van der Waals surface area contributed by atoms with E-state index in [1.807, 2.05) is 0 Å². The van der Waals surface area contributed by atoms with Gasteiger partial charge in [0.2, 0.25) is 5.91 Å². The molecule has 0 aromatic rings. The van der Waals surface area contributed by atoms with E-state index in [-0.39, 0.29) is 17.6 Å². The van der Waals surface area contributed by atoms with Gasteiger partial charge in [-0.25, -0.2) is 0 Å². The fraction of sp³-hybridized carbons (Fsp3) is 0.750. The second-order valence-corrected chi connectivity index (χ2v) is 2.92. The minimum atomic E-state index is -0.329. The first-order valence-corrected chi connectivity index (χ1v) is 3.94.